The quantitative estimate of drug-likeness (QED) is 0.829. The van der Waals surface area contributed by atoms with Crippen LogP contribution in [0.4, 0.5) is 5.82 Å². The number of anilines is 1. The third kappa shape index (κ3) is 3.32. The first-order chi connectivity index (χ1) is 9.60. The smallest absolute Gasteiger partial charge is 0.226 e. The molecule has 0 spiro atoms. The van der Waals surface area contributed by atoms with Crippen molar-refractivity contribution in [3.05, 3.63) is 35.6 Å². The van der Waals surface area contributed by atoms with Gasteiger partial charge in [0, 0.05) is 19.7 Å². The molecule has 0 unspecified atom stereocenters. The lowest BCUT2D eigenvalue weighted by Crippen LogP contribution is -2.19. The summed E-state index contributed by atoms with van der Waals surface area (Å²) in [6.07, 6.45) is 2.43. The summed E-state index contributed by atoms with van der Waals surface area (Å²) in [5, 5.41) is 13.0. The standard InChI is InChI=1S/C14H17N5O/c1-10(2)7-13-17-12(18-20-13)9-19(3)14-11(8-15)5-4-6-16-14/h4-6,10H,7,9H2,1-3H3. The van der Waals surface area contributed by atoms with Gasteiger partial charge in [-0.2, -0.15) is 10.2 Å². The molecule has 0 saturated carbocycles. The van der Waals surface area contributed by atoms with E-state index >= 15 is 0 Å². The number of nitrogens with zero attached hydrogens (tertiary/aromatic N) is 5. The van der Waals surface area contributed by atoms with E-state index in [9.17, 15) is 0 Å². The third-order valence-electron chi connectivity index (χ3n) is 2.74. The maximum Gasteiger partial charge on any atom is 0.226 e. The van der Waals surface area contributed by atoms with Gasteiger partial charge in [-0.05, 0) is 18.1 Å². The summed E-state index contributed by atoms with van der Waals surface area (Å²) in [6.45, 7) is 4.65. The van der Waals surface area contributed by atoms with Gasteiger partial charge in [0.1, 0.15) is 11.9 Å². The highest BCUT2D eigenvalue weighted by atomic mass is 16.5. The molecule has 0 amide bonds. The monoisotopic (exact) mass is 271 g/mol. The second-order valence-electron chi connectivity index (χ2n) is 5.04. The summed E-state index contributed by atoms with van der Waals surface area (Å²) in [5.41, 5.74) is 0.529. The van der Waals surface area contributed by atoms with Crippen LogP contribution in [0.3, 0.4) is 0 Å². The highest BCUT2D eigenvalue weighted by Gasteiger charge is 2.13. The van der Waals surface area contributed by atoms with Crippen LogP contribution < -0.4 is 4.90 Å². The van der Waals surface area contributed by atoms with E-state index in [-0.39, 0.29) is 0 Å². The van der Waals surface area contributed by atoms with Gasteiger partial charge in [0.05, 0.1) is 12.1 Å². The maximum absolute atomic E-state index is 9.07. The molecule has 104 valence electrons. The Hall–Kier alpha value is -2.42. The Labute approximate surface area is 118 Å². The number of rotatable bonds is 5. The third-order valence-corrected chi connectivity index (χ3v) is 2.74. The molecule has 2 rings (SSSR count). The predicted molar refractivity (Wildman–Crippen MR) is 73.9 cm³/mol. The molecule has 2 heterocycles. The zero-order chi connectivity index (χ0) is 14.5. The van der Waals surface area contributed by atoms with Crippen LogP contribution in [0.2, 0.25) is 0 Å². The molecule has 0 aromatic carbocycles. The van der Waals surface area contributed by atoms with Crippen molar-refractivity contribution in [2.45, 2.75) is 26.8 Å². The van der Waals surface area contributed by atoms with Crippen molar-refractivity contribution in [1.29, 1.82) is 5.26 Å². The number of hydrogen-bond donors (Lipinski definition) is 0. The Morgan fingerprint density at radius 1 is 1.45 bits per heavy atom. The molecule has 0 aliphatic rings. The van der Waals surface area contributed by atoms with Crippen LogP contribution in [0.15, 0.2) is 22.9 Å². The average Bonchev–Trinajstić information content (AvgIpc) is 2.85. The van der Waals surface area contributed by atoms with Gasteiger partial charge in [0.15, 0.2) is 5.82 Å². The van der Waals surface area contributed by atoms with Crippen molar-refractivity contribution in [3.63, 3.8) is 0 Å². The van der Waals surface area contributed by atoms with E-state index in [2.05, 4.69) is 35.0 Å². The Bertz CT molecular complexity index is 614. The van der Waals surface area contributed by atoms with E-state index in [0.29, 0.717) is 35.6 Å². The van der Waals surface area contributed by atoms with Crippen molar-refractivity contribution < 1.29 is 4.52 Å². The molecule has 0 atom stereocenters. The van der Waals surface area contributed by atoms with E-state index < -0.39 is 0 Å². The van der Waals surface area contributed by atoms with Crippen LogP contribution in [0.1, 0.15) is 31.1 Å². The van der Waals surface area contributed by atoms with Gasteiger partial charge in [-0.3, -0.25) is 0 Å². The number of aromatic nitrogens is 3. The van der Waals surface area contributed by atoms with E-state index in [0.717, 1.165) is 6.42 Å². The lowest BCUT2D eigenvalue weighted by Gasteiger charge is -2.16. The molecule has 0 radical (unpaired) electrons. The van der Waals surface area contributed by atoms with Crippen LogP contribution in [-0.4, -0.2) is 22.2 Å². The van der Waals surface area contributed by atoms with Crippen LogP contribution in [-0.2, 0) is 13.0 Å². The fraction of sp³-hybridized carbons (Fsp3) is 0.429. The minimum Gasteiger partial charge on any atom is -0.351 e. The second-order valence-corrected chi connectivity index (χ2v) is 5.04. The Kier molecular flexibility index (Phi) is 4.31. The Morgan fingerprint density at radius 3 is 2.95 bits per heavy atom. The highest BCUT2D eigenvalue weighted by molar-refractivity contribution is 5.52. The van der Waals surface area contributed by atoms with E-state index in [1.807, 2.05) is 11.9 Å². The van der Waals surface area contributed by atoms with Crippen LogP contribution in [0.5, 0.6) is 0 Å². The van der Waals surface area contributed by atoms with E-state index in [1.165, 1.54) is 0 Å². The molecule has 20 heavy (non-hydrogen) atoms. The molecule has 0 aliphatic heterocycles. The van der Waals surface area contributed by atoms with Crippen LogP contribution >= 0.6 is 0 Å². The van der Waals surface area contributed by atoms with Crippen molar-refractivity contribution in [2.24, 2.45) is 5.92 Å². The highest BCUT2D eigenvalue weighted by Crippen LogP contribution is 2.16. The maximum atomic E-state index is 9.07. The second kappa shape index (κ2) is 6.15. The number of nitriles is 1. The molecule has 0 saturated heterocycles. The fourth-order valence-electron chi connectivity index (χ4n) is 1.86. The van der Waals surface area contributed by atoms with Gasteiger partial charge in [-0.1, -0.05) is 19.0 Å². The number of hydrogen-bond acceptors (Lipinski definition) is 6. The molecule has 0 N–H and O–H groups in total. The topological polar surface area (TPSA) is 78.8 Å². The van der Waals surface area contributed by atoms with E-state index in [1.54, 1.807) is 18.3 Å². The zero-order valence-corrected chi connectivity index (χ0v) is 11.9. The minimum atomic E-state index is 0.452. The summed E-state index contributed by atoms with van der Waals surface area (Å²) in [6, 6.07) is 5.60. The van der Waals surface area contributed by atoms with Crippen LogP contribution in [0, 0.1) is 17.2 Å². The Balaban J connectivity index is 2.10. The zero-order valence-electron chi connectivity index (χ0n) is 11.9. The van der Waals surface area contributed by atoms with Crippen molar-refractivity contribution in [3.8, 4) is 6.07 Å². The molecule has 0 aliphatic carbocycles. The first kappa shape index (κ1) is 14.0. The normalized spacial score (nSPS) is 10.6. The first-order valence-corrected chi connectivity index (χ1v) is 6.48. The molecular formula is C14H17N5O. The molecular weight excluding hydrogens is 254 g/mol. The molecule has 0 fully saturated rings. The predicted octanol–water partition coefficient (Wildman–Crippen LogP) is 2.17. The molecule has 0 bridgehead atoms. The van der Waals surface area contributed by atoms with Crippen molar-refractivity contribution >= 4 is 5.82 Å². The lowest BCUT2D eigenvalue weighted by atomic mass is 10.1. The fourth-order valence-corrected chi connectivity index (χ4v) is 1.86. The first-order valence-electron chi connectivity index (χ1n) is 6.48. The van der Waals surface area contributed by atoms with Gasteiger partial charge in [-0.15, -0.1) is 0 Å². The van der Waals surface area contributed by atoms with Gasteiger partial charge in [0.2, 0.25) is 5.89 Å². The summed E-state index contributed by atoms with van der Waals surface area (Å²) in [5.74, 6) is 2.33. The van der Waals surface area contributed by atoms with E-state index in [4.69, 9.17) is 9.78 Å². The van der Waals surface area contributed by atoms with Gasteiger partial charge in [0.25, 0.3) is 0 Å². The molecule has 6 heteroatoms. The SMILES string of the molecule is CC(C)Cc1nc(CN(C)c2ncccc2C#N)no1. The Morgan fingerprint density at radius 2 is 2.25 bits per heavy atom. The summed E-state index contributed by atoms with van der Waals surface area (Å²) >= 11 is 0. The summed E-state index contributed by atoms with van der Waals surface area (Å²) < 4.78 is 5.20. The number of pyridine rings is 1. The molecule has 2 aromatic heterocycles. The molecule has 2 aromatic rings. The minimum absolute atomic E-state index is 0.452. The van der Waals surface area contributed by atoms with Gasteiger partial charge in [-0.25, -0.2) is 4.98 Å². The van der Waals surface area contributed by atoms with Crippen molar-refractivity contribution in [2.75, 3.05) is 11.9 Å². The van der Waals surface area contributed by atoms with Gasteiger partial charge >= 0.3 is 0 Å². The summed E-state index contributed by atoms with van der Waals surface area (Å²) in [7, 11) is 1.85. The summed E-state index contributed by atoms with van der Waals surface area (Å²) in [4.78, 5) is 10.4. The molecule has 6 nitrogen and oxygen atoms in total. The van der Waals surface area contributed by atoms with Crippen molar-refractivity contribution in [1.82, 2.24) is 15.1 Å². The lowest BCUT2D eigenvalue weighted by molar-refractivity contribution is 0.358. The average molecular weight is 271 g/mol. The largest absolute Gasteiger partial charge is 0.351 e. The van der Waals surface area contributed by atoms with Crippen LogP contribution in [0.25, 0.3) is 0 Å². The van der Waals surface area contributed by atoms with Gasteiger partial charge < -0.3 is 9.42 Å².